The number of halogens is 2. The minimum Gasteiger partial charge on any atom is -0.321 e. The van der Waals surface area contributed by atoms with Crippen LogP contribution in [0.1, 0.15) is 15.9 Å². The predicted octanol–water partition coefficient (Wildman–Crippen LogP) is 3.97. The van der Waals surface area contributed by atoms with Gasteiger partial charge in [-0.1, -0.05) is 33.6 Å². The number of nitrogens with zero attached hydrogens (tertiary/aromatic N) is 2. The van der Waals surface area contributed by atoms with Crippen LogP contribution in [-0.4, -0.2) is 15.8 Å². The van der Waals surface area contributed by atoms with Crippen LogP contribution < -0.4 is 5.32 Å². The third-order valence-corrected chi connectivity index (χ3v) is 3.96. The van der Waals surface area contributed by atoms with Crippen LogP contribution in [-0.2, 0) is 0 Å². The molecule has 0 unspecified atom stereocenters. The van der Waals surface area contributed by atoms with Crippen molar-refractivity contribution in [2.24, 2.45) is 0 Å². The Bertz CT molecular complexity index is 737. The number of hydrogen-bond acceptors (Lipinski definition) is 4. The third kappa shape index (κ3) is 3.20. The topological polar surface area (TPSA) is 85.1 Å². The average Bonchev–Trinajstić information content (AvgIpc) is 2.43. The van der Waals surface area contributed by atoms with Crippen molar-refractivity contribution in [2.75, 3.05) is 5.32 Å². The van der Waals surface area contributed by atoms with Gasteiger partial charge in [0, 0.05) is 16.4 Å². The zero-order chi connectivity index (χ0) is 15.6. The maximum Gasteiger partial charge on any atom is 0.319 e. The molecular formula is C13H9BrClN3O3. The van der Waals surface area contributed by atoms with Gasteiger partial charge in [0.15, 0.2) is 0 Å². The van der Waals surface area contributed by atoms with Crippen molar-refractivity contribution in [3.8, 4) is 0 Å². The minimum atomic E-state index is -0.724. The van der Waals surface area contributed by atoms with Crippen LogP contribution in [0.15, 0.2) is 34.9 Å². The Morgan fingerprint density at radius 1 is 1.43 bits per heavy atom. The molecule has 2 aromatic rings. The molecule has 0 fully saturated rings. The molecule has 0 saturated carbocycles. The quantitative estimate of drug-likeness (QED) is 0.503. The van der Waals surface area contributed by atoms with E-state index in [1.165, 1.54) is 12.3 Å². The Labute approximate surface area is 133 Å². The van der Waals surface area contributed by atoms with Gasteiger partial charge in [-0.3, -0.25) is 14.9 Å². The largest absolute Gasteiger partial charge is 0.321 e. The highest BCUT2D eigenvalue weighted by molar-refractivity contribution is 9.10. The van der Waals surface area contributed by atoms with Gasteiger partial charge in [0.2, 0.25) is 5.15 Å². The fourth-order valence-corrected chi connectivity index (χ4v) is 2.31. The highest BCUT2D eigenvalue weighted by Crippen LogP contribution is 2.28. The molecule has 0 spiro atoms. The molecule has 6 nitrogen and oxygen atoms in total. The van der Waals surface area contributed by atoms with Crippen molar-refractivity contribution in [1.82, 2.24) is 4.98 Å². The summed E-state index contributed by atoms with van der Waals surface area (Å²) in [5, 5.41) is 13.3. The van der Waals surface area contributed by atoms with Crippen LogP contribution >= 0.6 is 27.5 Å². The summed E-state index contributed by atoms with van der Waals surface area (Å²) in [6.07, 6.45) is 1.25. The summed E-state index contributed by atoms with van der Waals surface area (Å²) in [6.45, 7) is 1.81. The summed E-state index contributed by atoms with van der Waals surface area (Å²) in [4.78, 5) is 26.1. The van der Waals surface area contributed by atoms with Crippen LogP contribution in [0.4, 0.5) is 11.4 Å². The maximum atomic E-state index is 12.2. The van der Waals surface area contributed by atoms with Gasteiger partial charge >= 0.3 is 5.69 Å². The molecule has 2 rings (SSSR count). The van der Waals surface area contributed by atoms with Crippen LogP contribution in [0.25, 0.3) is 0 Å². The number of pyridine rings is 1. The van der Waals surface area contributed by atoms with E-state index < -0.39 is 16.5 Å². The van der Waals surface area contributed by atoms with Gasteiger partial charge in [0.05, 0.1) is 4.92 Å². The summed E-state index contributed by atoms with van der Waals surface area (Å²) in [5.41, 5.74) is 0.717. The molecule has 1 aromatic carbocycles. The highest BCUT2D eigenvalue weighted by atomic mass is 79.9. The van der Waals surface area contributed by atoms with E-state index in [4.69, 9.17) is 11.6 Å². The normalized spacial score (nSPS) is 10.2. The summed E-state index contributed by atoms with van der Waals surface area (Å²) in [7, 11) is 0. The number of carbonyl (C=O) groups excluding carboxylic acids is 1. The minimum absolute atomic E-state index is 0.139. The summed E-state index contributed by atoms with van der Waals surface area (Å²) < 4.78 is 0.822. The van der Waals surface area contributed by atoms with E-state index in [-0.39, 0.29) is 10.7 Å². The molecular weight excluding hydrogens is 362 g/mol. The lowest BCUT2D eigenvalue weighted by molar-refractivity contribution is -0.385. The third-order valence-electron chi connectivity index (χ3n) is 2.82. The Balaban J connectivity index is 2.40. The molecule has 21 heavy (non-hydrogen) atoms. The molecule has 0 aliphatic heterocycles. The molecule has 0 saturated heterocycles. The molecule has 0 bridgehead atoms. The fourth-order valence-electron chi connectivity index (χ4n) is 1.72. The van der Waals surface area contributed by atoms with E-state index in [1.54, 1.807) is 12.1 Å². The number of rotatable bonds is 3. The zero-order valence-corrected chi connectivity index (χ0v) is 13.1. The SMILES string of the molecule is Cc1c(Br)cccc1NC(=O)c1ccnc(Cl)c1[N+](=O)[O-]. The number of benzene rings is 1. The number of carbonyl (C=O) groups is 1. The van der Waals surface area contributed by atoms with Crippen LogP contribution in [0, 0.1) is 17.0 Å². The highest BCUT2D eigenvalue weighted by Gasteiger charge is 2.25. The second kappa shape index (κ2) is 6.19. The van der Waals surface area contributed by atoms with Crippen molar-refractivity contribution < 1.29 is 9.72 Å². The zero-order valence-electron chi connectivity index (χ0n) is 10.8. The van der Waals surface area contributed by atoms with E-state index >= 15 is 0 Å². The van der Waals surface area contributed by atoms with E-state index in [0.29, 0.717) is 5.69 Å². The van der Waals surface area contributed by atoms with Gasteiger partial charge in [0.1, 0.15) is 5.56 Å². The first-order valence-corrected chi connectivity index (χ1v) is 6.94. The lowest BCUT2D eigenvalue weighted by Gasteiger charge is -2.10. The lowest BCUT2D eigenvalue weighted by Crippen LogP contribution is -2.15. The van der Waals surface area contributed by atoms with Gasteiger partial charge < -0.3 is 5.32 Å². The van der Waals surface area contributed by atoms with Crippen molar-refractivity contribution in [2.45, 2.75) is 6.92 Å². The molecule has 1 aromatic heterocycles. The van der Waals surface area contributed by atoms with E-state index in [1.807, 2.05) is 13.0 Å². The maximum absolute atomic E-state index is 12.2. The number of aromatic nitrogens is 1. The van der Waals surface area contributed by atoms with Crippen LogP contribution in [0.3, 0.4) is 0 Å². The number of nitro groups is 1. The van der Waals surface area contributed by atoms with E-state index in [2.05, 4.69) is 26.2 Å². The van der Waals surface area contributed by atoms with Crippen LogP contribution in [0.5, 0.6) is 0 Å². The average molecular weight is 371 g/mol. The number of hydrogen-bond donors (Lipinski definition) is 1. The molecule has 0 radical (unpaired) electrons. The van der Waals surface area contributed by atoms with Gasteiger partial charge in [-0.25, -0.2) is 4.98 Å². The second-order valence-electron chi connectivity index (χ2n) is 4.12. The first kappa shape index (κ1) is 15.4. The Kier molecular flexibility index (Phi) is 4.54. The molecule has 1 heterocycles. The van der Waals surface area contributed by atoms with E-state index in [9.17, 15) is 14.9 Å². The molecule has 1 N–H and O–H groups in total. The number of anilines is 1. The Morgan fingerprint density at radius 2 is 2.14 bits per heavy atom. The number of nitrogens with one attached hydrogen (secondary N) is 1. The van der Waals surface area contributed by atoms with Gasteiger partial charge in [0.25, 0.3) is 5.91 Å². The smallest absolute Gasteiger partial charge is 0.319 e. The molecule has 0 atom stereocenters. The molecule has 0 aliphatic carbocycles. The van der Waals surface area contributed by atoms with Gasteiger partial charge in [-0.2, -0.15) is 0 Å². The van der Waals surface area contributed by atoms with Gasteiger partial charge in [-0.15, -0.1) is 0 Å². The van der Waals surface area contributed by atoms with Crippen molar-refractivity contribution in [3.63, 3.8) is 0 Å². The number of amides is 1. The molecule has 0 aliphatic rings. The van der Waals surface area contributed by atoms with E-state index in [0.717, 1.165) is 10.0 Å². The van der Waals surface area contributed by atoms with Crippen molar-refractivity contribution >= 4 is 44.8 Å². The second-order valence-corrected chi connectivity index (χ2v) is 5.33. The first-order chi connectivity index (χ1) is 9.91. The standard InChI is InChI=1S/C13H9BrClN3O3/c1-7-9(14)3-2-4-10(7)17-13(19)8-5-6-16-12(15)11(8)18(20)21/h2-6H,1H3,(H,17,19). The Hall–Kier alpha value is -1.99. The first-order valence-electron chi connectivity index (χ1n) is 5.77. The Morgan fingerprint density at radius 3 is 2.81 bits per heavy atom. The molecule has 108 valence electrons. The summed E-state index contributed by atoms with van der Waals surface area (Å²) in [6, 6.07) is 6.54. The van der Waals surface area contributed by atoms with Crippen molar-refractivity contribution in [1.29, 1.82) is 0 Å². The lowest BCUT2D eigenvalue weighted by atomic mass is 10.1. The summed E-state index contributed by atoms with van der Waals surface area (Å²) in [5.74, 6) is -0.618. The monoisotopic (exact) mass is 369 g/mol. The van der Waals surface area contributed by atoms with Crippen LogP contribution in [0.2, 0.25) is 5.15 Å². The molecule has 8 heteroatoms. The van der Waals surface area contributed by atoms with Crippen molar-refractivity contribution in [3.05, 3.63) is 61.3 Å². The fraction of sp³-hybridized carbons (Fsp3) is 0.0769. The summed E-state index contributed by atoms with van der Waals surface area (Å²) >= 11 is 9.04. The molecule has 1 amide bonds. The van der Waals surface area contributed by atoms with Gasteiger partial charge in [-0.05, 0) is 30.7 Å². The predicted molar refractivity (Wildman–Crippen MR) is 82.7 cm³/mol.